The zero-order valence-corrected chi connectivity index (χ0v) is 12.5. The Morgan fingerprint density at radius 2 is 2.19 bits per heavy atom. The van der Waals surface area contributed by atoms with Crippen LogP contribution >= 0.6 is 12.2 Å². The number of benzene rings is 1. The summed E-state index contributed by atoms with van der Waals surface area (Å²) in [5, 5.41) is 0. The molecule has 1 unspecified atom stereocenters. The highest BCUT2D eigenvalue weighted by Gasteiger charge is 2.35. The number of hydrogen-bond donors (Lipinski definition) is 1. The Hall–Kier alpha value is -1.53. The summed E-state index contributed by atoms with van der Waals surface area (Å²) < 4.78 is 13.6. The molecule has 4 nitrogen and oxygen atoms in total. The largest absolute Gasteiger partial charge is 0.389 e. The Morgan fingerprint density at radius 3 is 2.95 bits per heavy atom. The summed E-state index contributed by atoms with van der Waals surface area (Å²) in [7, 11) is 0. The molecule has 0 aliphatic carbocycles. The standard InChI is InChI=1S/C15H18FN3OS/c16-12-6-10(5-11(7-12)15(17)21)8-18-3-4-19-13(9-18)1-2-14(19)20/h5-7,13H,1-4,8-9H2,(H2,17,21). The van der Waals surface area contributed by atoms with Gasteiger partial charge < -0.3 is 10.6 Å². The number of nitrogens with two attached hydrogens (primary N) is 1. The van der Waals surface area contributed by atoms with Gasteiger partial charge in [-0.3, -0.25) is 9.69 Å². The van der Waals surface area contributed by atoms with Gasteiger partial charge in [0.1, 0.15) is 10.8 Å². The highest BCUT2D eigenvalue weighted by Crippen LogP contribution is 2.24. The molecular weight excluding hydrogens is 289 g/mol. The van der Waals surface area contributed by atoms with Gasteiger partial charge in [0.25, 0.3) is 0 Å². The minimum atomic E-state index is -0.315. The Bertz CT molecular complexity index is 592. The molecule has 1 amide bonds. The van der Waals surface area contributed by atoms with Gasteiger partial charge in [-0.15, -0.1) is 0 Å². The summed E-state index contributed by atoms with van der Waals surface area (Å²) >= 11 is 4.91. The van der Waals surface area contributed by atoms with Crippen LogP contribution in [0.2, 0.25) is 0 Å². The van der Waals surface area contributed by atoms with Gasteiger partial charge in [-0.2, -0.15) is 0 Å². The predicted molar refractivity (Wildman–Crippen MR) is 82.3 cm³/mol. The van der Waals surface area contributed by atoms with Crippen LogP contribution in [0.3, 0.4) is 0 Å². The molecule has 6 heteroatoms. The van der Waals surface area contributed by atoms with E-state index >= 15 is 0 Å². The fourth-order valence-corrected chi connectivity index (χ4v) is 3.33. The van der Waals surface area contributed by atoms with Crippen molar-refractivity contribution in [2.45, 2.75) is 25.4 Å². The van der Waals surface area contributed by atoms with E-state index in [0.717, 1.165) is 31.6 Å². The molecule has 21 heavy (non-hydrogen) atoms. The Kier molecular flexibility index (Phi) is 3.91. The maximum Gasteiger partial charge on any atom is 0.222 e. The SMILES string of the molecule is NC(=S)c1cc(F)cc(CN2CCN3C(=O)CCC3C2)c1. The van der Waals surface area contributed by atoms with Crippen LogP contribution in [0.5, 0.6) is 0 Å². The molecule has 0 spiro atoms. The van der Waals surface area contributed by atoms with Crippen molar-refractivity contribution in [2.75, 3.05) is 19.6 Å². The molecule has 2 fully saturated rings. The van der Waals surface area contributed by atoms with Crippen LogP contribution in [0.15, 0.2) is 18.2 Å². The van der Waals surface area contributed by atoms with Crippen LogP contribution < -0.4 is 5.73 Å². The quantitative estimate of drug-likeness (QED) is 0.854. The van der Waals surface area contributed by atoms with E-state index in [-0.39, 0.29) is 16.7 Å². The van der Waals surface area contributed by atoms with E-state index in [0.29, 0.717) is 24.6 Å². The lowest BCUT2D eigenvalue weighted by Crippen LogP contribution is -2.50. The summed E-state index contributed by atoms with van der Waals surface area (Å²) in [6.07, 6.45) is 1.58. The summed E-state index contributed by atoms with van der Waals surface area (Å²) in [5.41, 5.74) is 7.01. The highest BCUT2D eigenvalue weighted by molar-refractivity contribution is 7.80. The van der Waals surface area contributed by atoms with E-state index < -0.39 is 0 Å². The number of halogens is 1. The van der Waals surface area contributed by atoms with Gasteiger partial charge in [-0.05, 0) is 30.2 Å². The lowest BCUT2D eigenvalue weighted by molar-refractivity contribution is -0.130. The Balaban J connectivity index is 1.70. The third-order valence-electron chi connectivity index (χ3n) is 4.23. The van der Waals surface area contributed by atoms with Gasteiger partial charge in [0.05, 0.1) is 0 Å². The van der Waals surface area contributed by atoms with Gasteiger partial charge >= 0.3 is 0 Å². The third kappa shape index (κ3) is 3.06. The van der Waals surface area contributed by atoms with Gasteiger partial charge in [-0.1, -0.05) is 12.2 Å². The first-order chi connectivity index (χ1) is 10.0. The van der Waals surface area contributed by atoms with Crippen LogP contribution in [0, 0.1) is 5.82 Å². The third-order valence-corrected chi connectivity index (χ3v) is 4.46. The Morgan fingerprint density at radius 1 is 1.38 bits per heavy atom. The maximum absolute atomic E-state index is 13.6. The van der Waals surface area contributed by atoms with E-state index in [9.17, 15) is 9.18 Å². The van der Waals surface area contributed by atoms with Crippen molar-refractivity contribution in [3.63, 3.8) is 0 Å². The molecule has 0 bridgehead atoms. The number of thiocarbonyl (C=S) groups is 1. The summed E-state index contributed by atoms with van der Waals surface area (Å²) in [4.78, 5) is 16.1. The van der Waals surface area contributed by atoms with Gasteiger partial charge in [0.2, 0.25) is 5.91 Å². The summed E-state index contributed by atoms with van der Waals surface area (Å²) in [6.45, 7) is 3.10. The lowest BCUT2D eigenvalue weighted by atomic mass is 10.1. The van der Waals surface area contributed by atoms with E-state index in [2.05, 4.69) is 4.90 Å². The minimum absolute atomic E-state index is 0.210. The zero-order valence-electron chi connectivity index (χ0n) is 11.7. The second kappa shape index (κ2) is 5.69. The van der Waals surface area contributed by atoms with Crippen molar-refractivity contribution in [1.82, 2.24) is 9.80 Å². The average Bonchev–Trinajstić information content (AvgIpc) is 2.79. The van der Waals surface area contributed by atoms with Crippen molar-refractivity contribution in [3.05, 3.63) is 35.1 Å². The zero-order chi connectivity index (χ0) is 15.0. The van der Waals surface area contributed by atoms with Gasteiger partial charge in [-0.25, -0.2) is 4.39 Å². The highest BCUT2D eigenvalue weighted by atomic mass is 32.1. The maximum atomic E-state index is 13.6. The molecule has 0 radical (unpaired) electrons. The van der Waals surface area contributed by atoms with Crippen LogP contribution in [0.4, 0.5) is 4.39 Å². The topological polar surface area (TPSA) is 49.6 Å². The molecule has 0 saturated carbocycles. The van der Waals surface area contributed by atoms with Crippen LogP contribution in [0.1, 0.15) is 24.0 Å². The van der Waals surface area contributed by atoms with Crippen LogP contribution in [0.25, 0.3) is 0 Å². The predicted octanol–water partition coefficient (Wildman–Crippen LogP) is 1.27. The molecular formula is C15H18FN3OS. The summed E-state index contributed by atoms with van der Waals surface area (Å²) in [5.74, 6) is -0.0499. The van der Waals surface area contributed by atoms with Crippen molar-refractivity contribution >= 4 is 23.1 Å². The lowest BCUT2D eigenvalue weighted by Gasteiger charge is -2.37. The van der Waals surface area contributed by atoms with Gasteiger partial charge in [0.15, 0.2) is 0 Å². The number of amides is 1. The first-order valence-corrected chi connectivity index (χ1v) is 7.55. The van der Waals surface area contributed by atoms with E-state index in [1.165, 1.54) is 12.1 Å². The molecule has 2 aliphatic heterocycles. The van der Waals surface area contributed by atoms with Crippen molar-refractivity contribution in [3.8, 4) is 0 Å². The molecule has 2 saturated heterocycles. The number of fused-ring (bicyclic) bond motifs is 1. The summed E-state index contributed by atoms with van der Waals surface area (Å²) in [6, 6.07) is 5.04. The van der Waals surface area contributed by atoms with Crippen LogP contribution in [-0.2, 0) is 11.3 Å². The number of carbonyl (C=O) groups is 1. The molecule has 2 N–H and O–H groups in total. The fourth-order valence-electron chi connectivity index (χ4n) is 3.21. The molecule has 1 aromatic carbocycles. The fraction of sp³-hybridized carbons (Fsp3) is 0.467. The number of carbonyl (C=O) groups excluding carboxylic acids is 1. The van der Waals surface area contributed by atoms with E-state index in [4.69, 9.17) is 18.0 Å². The first kappa shape index (κ1) is 14.4. The normalized spacial score (nSPS) is 22.4. The van der Waals surface area contributed by atoms with Crippen molar-refractivity contribution in [2.24, 2.45) is 5.73 Å². The molecule has 3 rings (SSSR count). The van der Waals surface area contributed by atoms with E-state index in [1.54, 1.807) is 0 Å². The Labute approximate surface area is 128 Å². The van der Waals surface area contributed by atoms with Crippen molar-refractivity contribution in [1.29, 1.82) is 0 Å². The van der Waals surface area contributed by atoms with Crippen LogP contribution in [-0.4, -0.2) is 46.4 Å². The minimum Gasteiger partial charge on any atom is -0.389 e. The number of nitrogens with zero attached hydrogens (tertiary/aromatic N) is 2. The molecule has 0 aromatic heterocycles. The molecule has 1 atom stereocenters. The first-order valence-electron chi connectivity index (χ1n) is 7.14. The molecule has 2 heterocycles. The number of piperazine rings is 1. The van der Waals surface area contributed by atoms with Crippen molar-refractivity contribution < 1.29 is 9.18 Å². The molecule has 2 aliphatic rings. The number of hydrogen-bond acceptors (Lipinski definition) is 3. The molecule has 112 valence electrons. The number of rotatable bonds is 3. The van der Waals surface area contributed by atoms with E-state index in [1.807, 2.05) is 11.0 Å². The second-order valence-electron chi connectivity index (χ2n) is 5.73. The second-order valence-corrected chi connectivity index (χ2v) is 6.17. The smallest absolute Gasteiger partial charge is 0.222 e. The van der Waals surface area contributed by atoms with Gasteiger partial charge in [0, 0.05) is 44.2 Å². The average molecular weight is 307 g/mol. The monoisotopic (exact) mass is 307 g/mol. The molecule has 1 aromatic rings.